The quantitative estimate of drug-likeness (QED) is 0.656. The number of halogens is 1. The Labute approximate surface area is 168 Å². The molecule has 4 rings (SSSR count). The number of carbonyl (C=O) groups is 1. The molecule has 1 aliphatic heterocycles. The SMILES string of the molecule is O=C(Nc1cccc(Cl)c1)c1ccnc(Nc2ccc(N3CCCC3)cc2)n1. The first-order chi connectivity index (χ1) is 13.7. The highest BCUT2D eigenvalue weighted by Gasteiger charge is 2.12. The van der Waals surface area contributed by atoms with Gasteiger partial charge in [-0.25, -0.2) is 9.97 Å². The van der Waals surface area contributed by atoms with Crippen LogP contribution in [0.2, 0.25) is 5.02 Å². The smallest absolute Gasteiger partial charge is 0.274 e. The lowest BCUT2D eigenvalue weighted by Crippen LogP contribution is -2.17. The molecule has 0 bridgehead atoms. The topological polar surface area (TPSA) is 70.2 Å². The van der Waals surface area contributed by atoms with E-state index in [2.05, 4.69) is 37.6 Å². The molecule has 0 spiro atoms. The Kier molecular flexibility index (Phi) is 5.39. The molecular weight excluding hydrogens is 374 g/mol. The largest absolute Gasteiger partial charge is 0.372 e. The van der Waals surface area contributed by atoms with E-state index < -0.39 is 0 Å². The highest BCUT2D eigenvalue weighted by atomic mass is 35.5. The molecule has 0 atom stereocenters. The zero-order valence-corrected chi connectivity index (χ0v) is 16.0. The van der Waals surface area contributed by atoms with Crippen molar-refractivity contribution in [2.24, 2.45) is 0 Å². The van der Waals surface area contributed by atoms with Crippen molar-refractivity contribution in [1.29, 1.82) is 0 Å². The molecule has 1 aliphatic rings. The van der Waals surface area contributed by atoms with Crippen LogP contribution in [0, 0.1) is 0 Å². The first kappa shape index (κ1) is 18.3. The molecule has 2 heterocycles. The number of nitrogens with one attached hydrogen (secondary N) is 2. The molecule has 0 saturated carbocycles. The van der Waals surface area contributed by atoms with Crippen LogP contribution >= 0.6 is 11.6 Å². The van der Waals surface area contributed by atoms with E-state index in [1.165, 1.54) is 18.5 Å². The molecule has 142 valence electrons. The Morgan fingerprint density at radius 2 is 1.79 bits per heavy atom. The molecule has 6 nitrogen and oxygen atoms in total. The lowest BCUT2D eigenvalue weighted by molar-refractivity contribution is 0.102. The molecule has 0 radical (unpaired) electrons. The number of hydrogen-bond acceptors (Lipinski definition) is 5. The van der Waals surface area contributed by atoms with Gasteiger partial charge >= 0.3 is 0 Å². The van der Waals surface area contributed by atoms with Gasteiger partial charge in [0.25, 0.3) is 5.91 Å². The summed E-state index contributed by atoms with van der Waals surface area (Å²) in [5.41, 5.74) is 2.98. The fourth-order valence-electron chi connectivity index (χ4n) is 3.17. The number of amides is 1. The third-order valence-electron chi connectivity index (χ3n) is 4.57. The summed E-state index contributed by atoms with van der Waals surface area (Å²) in [5.74, 6) is 0.0461. The van der Waals surface area contributed by atoms with Crippen molar-refractivity contribution in [2.75, 3.05) is 28.6 Å². The number of benzene rings is 2. The van der Waals surface area contributed by atoms with Crippen LogP contribution in [0.25, 0.3) is 0 Å². The summed E-state index contributed by atoms with van der Waals surface area (Å²) < 4.78 is 0. The summed E-state index contributed by atoms with van der Waals surface area (Å²) in [5, 5.41) is 6.49. The lowest BCUT2D eigenvalue weighted by atomic mass is 10.2. The van der Waals surface area contributed by atoms with E-state index in [4.69, 9.17) is 11.6 Å². The van der Waals surface area contributed by atoms with Gasteiger partial charge in [-0.15, -0.1) is 0 Å². The summed E-state index contributed by atoms with van der Waals surface area (Å²) in [6.45, 7) is 2.22. The Morgan fingerprint density at radius 3 is 2.54 bits per heavy atom. The molecule has 1 saturated heterocycles. The van der Waals surface area contributed by atoms with Crippen LogP contribution in [0.4, 0.5) is 23.0 Å². The second-order valence-electron chi connectivity index (χ2n) is 6.60. The molecule has 7 heteroatoms. The maximum absolute atomic E-state index is 12.4. The maximum Gasteiger partial charge on any atom is 0.274 e. The van der Waals surface area contributed by atoms with E-state index in [9.17, 15) is 4.79 Å². The van der Waals surface area contributed by atoms with Crippen LogP contribution in [0.1, 0.15) is 23.3 Å². The summed E-state index contributed by atoms with van der Waals surface area (Å²) in [7, 11) is 0. The van der Waals surface area contributed by atoms with E-state index in [1.807, 2.05) is 12.1 Å². The Balaban J connectivity index is 1.44. The third kappa shape index (κ3) is 4.40. The summed E-state index contributed by atoms with van der Waals surface area (Å²) in [4.78, 5) is 23.3. The van der Waals surface area contributed by atoms with Crippen LogP contribution in [-0.4, -0.2) is 29.0 Å². The van der Waals surface area contributed by atoms with Gasteiger partial charge in [0.05, 0.1) is 0 Å². The van der Waals surface area contributed by atoms with E-state index in [0.717, 1.165) is 18.8 Å². The number of hydrogen-bond donors (Lipinski definition) is 2. The normalized spacial score (nSPS) is 13.4. The van der Waals surface area contributed by atoms with Gasteiger partial charge in [0.15, 0.2) is 0 Å². The fraction of sp³-hybridized carbons (Fsp3) is 0.190. The molecule has 1 amide bonds. The van der Waals surface area contributed by atoms with Crippen molar-refractivity contribution in [3.8, 4) is 0 Å². The maximum atomic E-state index is 12.4. The highest BCUT2D eigenvalue weighted by molar-refractivity contribution is 6.30. The van der Waals surface area contributed by atoms with Gasteiger partial charge in [0.1, 0.15) is 5.69 Å². The van der Waals surface area contributed by atoms with E-state index in [1.54, 1.807) is 36.5 Å². The van der Waals surface area contributed by atoms with Crippen molar-refractivity contribution in [1.82, 2.24) is 9.97 Å². The minimum atomic E-state index is -0.322. The molecule has 2 N–H and O–H groups in total. The second-order valence-corrected chi connectivity index (χ2v) is 7.03. The van der Waals surface area contributed by atoms with E-state index in [0.29, 0.717) is 16.7 Å². The molecule has 28 heavy (non-hydrogen) atoms. The standard InChI is InChI=1S/C21H20ClN5O/c22-15-4-3-5-17(14-15)24-20(28)19-10-11-23-21(26-19)25-16-6-8-18(9-7-16)27-12-1-2-13-27/h3-11,14H,1-2,12-13H2,(H,24,28)(H,23,25,26). The van der Waals surface area contributed by atoms with Crippen molar-refractivity contribution in [3.05, 3.63) is 71.5 Å². The molecule has 2 aromatic carbocycles. The molecule has 0 unspecified atom stereocenters. The van der Waals surface area contributed by atoms with E-state index in [-0.39, 0.29) is 11.6 Å². The minimum absolute atomic E-state index is 0.270. The summed E-state index contributed by atoms with van der Waals surface area (Å²) in [6.07, 6.45) is 4.05. The Hall–Kier alpha value is -3.12. The number of aromatic nitrogens is 2. The molecule has 1 aromatic heterocycles. The molecule has 0 aliphatic carbocycles. The van der Waals surface area contributed by atoms with Gasteiger partial charge in [0.2, 0.25) is 5.95 Å². The first-order valence-electron chi connectivity index (χ1n) is 9.19. The average Bonchev–Trinajstić information content (AvgIpc) is 3.24. The van der Waals surface area contributed by atoms with Crippen molar-refractivity contribution < 1.29 is 4.79 Å². The number of nitrogens with zero attached hydrogens (tertiary/aromatic N) is 3. The number of anilines is 4. The zero-order chi connectivity index (χ0) is 19.3. The number of rotatable bonds is 5. The van der Waals surface area contributed by atoms with Gasteiger partial charge in [0, 0.05) is 41.4 Å². The van der Waals surface area contributed by atoms with Crippen LogP contribution in [-0.2, 0) is 0 Å². The van der Waals surface area contributed by atoms with E-state index >= 15 is 0 Å². The number of carbonyl (C=O) groups excluding carboxylic acids is 1. The van der Waals surface area contributed by atoms with Gasteiger partial charge in [-0.1, -0.05) is 17.7 Å². The fourth-order valence-corrected chi connectivity index (χ4v) is 3.36. The zero-order valence-electron chi connectivity index (χ0n) is 15.2. The van der Waals surface area contributed by atoms with Crippen LogP contribution in [0.5, 0.6) is 0 Å². The average molecular weight is 394 g/mol. The molecule has 3 aromatic rings. The highest BCUT2D eigenvalue weighted by Crippen LogP contribution is 2.23. The van der Waals surface area contributed by atoms with Gasteiger partial charge < -0.3 is 15.5 Å². The second kappa shape index (κ2) is 8.27. The van der Waals surface area contributed by atoms with Crippen LogP contribution < -0.4 is 15.5 Å². The lowest BCUT2D eigenvalue weighted by Gasteiger charge is -2.17. The first-order valence-corrected chi connectivity index (χ1v) is 9.57. The van der Waals surface area contributed by atoms with Crippen molar-refractivity contribution >= 4 is 40.5 Å². The van der Waals surface area contributed by atoms with Crippen LogP contribution in [0.3, 0.4) is 0 Å². The van der Waals surface area contributed by atoms with Crippen LogP contribution in [0.15, 0.2) is 60.8 Å². The Morgan fingerprint density at radius 1 is 1.00 bits per heavy atom. The van der Waals surface area contributed by atoms with Crippen molar-refractivity contribution in [3.63, 3.8) is 0 Å². The molecular formula is C21H20ClN5O. The van der Waals surface area contributed by atoms with Gasteiger partial charge in [-0.05, 0) is 61.4 Å². The minimum Gasteiger partial charge on any atom is -0.372 e. The summed E-state index contributed by atoms with van der Waals surface area (Å²) in [6, 6.07) is 16.7. The van der Waals surface area contributed by atoms with Crippen molar-refractivity contribution in [2.45, 2.75) is 12.8 Å². The Bertz CT molecular complexity index is 971. The molecule has 1 fully saturated rings. The monoisotopic (exact) mass is 393 g/mol. The third-order valence-corrected chi connectivity index (χ3v) is 4.80. The predicted octanol–water partition coefficient (Wildman–Crippen LogP) is 4.73. The predicted molar refractivity (Wildman–Crippen MR) is 113 cm³/mol. The van der Waals surface area contributed by atoms with Gasteiger partial charge in [-0.2, -0.15) is 0 Å². The summed E-state index contributed by atoms with van der Waals surface area (Å²) >= 11 is 5.95. The van der Waals surface area contributed by atoms with Gasteiger partial charge in [-0.3, -0.25) is 4.79 Å².